The lowest BCUT2D eigenvalue weighted by Crippen LogP contribution is -2.59. The first kappa shape index (κ1) is 10.4. The third-order valence-electron chi connectivity index (χ3n) is 4.06. The van der Waals surface area contributed by atoms with Crippen LogP contribution in [0.3, 0.4) is 0 Å². The van der Waals surface area contributed by atoms with Gasteiger partial charge in [0.15, 0.2) is 0 Å². The largest absolute Gasteiger partial charge is 0.314 e. The van der Waals surface area contributed by atoms with E-state index in [2.05, 4.69) is 24.1 Å². The molecule has 14 heavy (non-hydrogen) atoms. The van der Waals surface area contributed by atoms with Gasteiger partial charge in [0.2, 0.25) is 0 Å². The van der Waals surface area contributed by atoms with Crippen molar-refractivity contribution in [1.82, 2.24) is 10.2 Å². The summed E-state index contributed by atoms with van der Waals surface area (Å²) in [6, 6.07) is 1.63. The molecule has 0 aromatic carbocycles. The van der Waals surface area contributed by atoms with Crippen molar-refractivity contribution < 1.29 is 0 Å². The highest BCUT2D eigenvalue weighted by Gasteiger charge is 2.29. The van der Waals surface area contributed by atoms with E-state index in [4.69, 9.17) is 0 Å². The smallest absolute Gasteiger partial charge is 0.0348 e. The molecule has 1 saturated carbocycles. The Bertz CT molecular complexity index is 173. The molecule has 0 aromatic heterocycles. The summed E-state index contributed by atoms with van der Waals surface area (Å²) in [4.78, 5) is 2.69. The summed E-state index contributed by atoms with van der Waals surface area (Å²) in [6.07, 6.45) is 5.90. The van der Waals surface area contributed by atoms with Gasteiger partial charge >= 0.3 is 0 Å². The SMILES string of the molecule is CCN(C(C)CC1CCC1)C1CNC1. The van der Waals surface area contributed by atoms with Crippen molar-refractivity contribution in [3.8, 4) is 0 Å². The van der Waals surface area contributed by atoms with Gasteiger partial charge in [-0.25, -0.2) is 0 Å². The molecule has 1 unspecified atom stereocenters. The molecule has 2 heteroatoms. The molecule has 1 heterocycles. The maximum atomic E-state index is 3.37. The summed E-state index contributed by atoms with van der Waals surface area (Å²) >= 11 is 0. The van der Waals surface area contributed by atoms with Gasteiger partial charge in [-0.2, -0.15) is 0 Å². The summed E-state index contributed by atoms with van der Waals surface area (Å²) in [6.45, 7) is 8.36. The number of nitrogens with one attached hydrogen (secondary N) is 1. The second-order valence-corrected chi connectivity index (χ2v) is 5.02. The molecule has 1 N–H and O–H groups in total. The molecule has 1 aliphatic carbocycles. The Hall–Kier alpha value is -0.0800. The molecule has 0 amide bonds. The molecule has 0 spiro atoms. The highest BCUT2D eigenvalue weighted by molar-refractivity contribution is 4.88. The van der Waals surface area contributed by atoms with E-state index < -0.39 is 0 Å². The third kappa shape index (κ3) is 2.12. The Kier molecular flexibility index (Phi) is 3.45. The maximum Gasteiger partial charge on any atom is 0.0348 e. The minimum Gasteiger partial charge on any atom is -0.314 e. The molecule has 1 atom stereocenters. The maximum absolute atomic E-state index is 3.37. The van der Waals surface area contributed by atoms with Gasteiger partial charge in [0.25, 0.3) is 0 Å². The molecular formula is C12H24N2. The first-order chi connectivity index (χ1) is 6.81. The number of hydrogen-bond acceptors (Lipinski definition) is 2. The second-order valence-electron chi connectivity index (χ2n) is 5.02. The fourth-order valence-electron chi connectivity index (χ4n) is 2.78. The highest BCUT2D eigenvalue weighted by atomic mass is 15.2. The van der Waals surface area contributed by atoms with Gasteiger partial charge in [-0.1, -0.05) is 26.2 Å². The third-order valence-corrected chi connectivity index (χ3v) is 4.06. The lowest BCUT2D eigenvalue weighted by molar-refractivity contribution is 0.0847. The van der Waals surface area contributed by atoms with Crippen LogP contribution in [0.25, 0.3) is 0 Å². The minimum absolute atomic E-state index is 0.803. The lowest BCUT2D eigenvalue weighted by Gasteiger charge is -2.43. The summed E-state index contributed by atoms with van der Waals surface area (Å²) < 4.78 is 0. The van der Waals surface area contributed by atoms with Gasteiger partial charge in [-0.05, 0) is 25.8 Å². The Morgan fingerprint density at radius 1 is 1.36 bits per heavy atom. The Labute approximate surface area is 88.1 Å². The van der Waals surface area contributed by atoms with Crippen LogP contribution in [0.2, 0.25) is 0 Å². The standard InChI is InChI=1S/C12H24N2/c1-3-14(12-8-13-9-12)10(2)7-11-5-4-6-11/h10-13H,3-9H2,1-2H3. The Balaban J connectivity index is 1.76. The molecule has 0 radical (unpaired) electrons. The number of rotatable bonds is 5. The fourth-order valence-corrected chi connectivity index (χ4v) is 2.78. The fraction of sp³-hybridized carbons (Fsp3) is 1.00. The van der Waals surface area contributed by atoms with Crippen molar-refractivity contribution in [1.29, 1.82) is 0 Å². The average molecular weight is 196 g/mol. The zero-order valence-corrected chi connectivity index (χ0v) is 9.63. The Morgan fingerprint density at radius 3 is 2.43 bits per heavy atom. The van der Waals surface area contributed by atoms with E-state index in [-0.39, 0.29) is 0 Å². The minimum atomic E-state index is 0.803. The molecule has 2 fully saturated rings. The summed E-state index contributed by atoms with van der Waals surface area (Å²) in [7, 11) is 0. The van der Waals surface area contributed by atoms with Crippen molar-refractivity contribution >= 4 is 0 Å². The molecule has 1 saturated heterocycles. The monoisotopic (exact) mass is 196 g/mol. The number of nitrogens with zero attached hydrogens (tertiary/aromatic N) is 1. The van der Waals surface area contributed by atoms with Crippen LogP contribution in [0.4, 0.5) is 0 Å². The summed E-state index contributed by atoms with van der Waals surface area (Å²) in [5.41, 5.74) is 0. The molecule has 2 rings (SSSR count). The van der Waals surface area contributed by atoms with Gasteiger partial charge in [-0.15, -0.1) is 0 Å². The van der Waals surface area contributed by atoms with Crippen LogP contribution in [0.15, 0.2) is 0 Å². The predicted octanol–water partition coefficient (Wildman–Crippen LogP) is 1.86. The van der Waals surface area contributed by atoms with E-state index in [0.717, 1.165) is 18.0 Å². The van der Waals surface area contributed by atoms with Crippen LogP contribution in [-0.4, -0.2) is 36.6 Å². The van der Waals surface area contributed by atoms with E-state index in [1.807, 2.05) is 0 Å². The molecule has 0 aromatic rings. The second kappa shape index (κ2) is 4.63. The van der Waals surface area contributed by atoms with Gasteiger partial charge in [0, 0.05) is 25.2 Å². The molecular weight excluding hydrogens is 172 g/mol. The lowest BCUT2D eigenvalue weighted by atomic mass is 9.80. The van der Waals surface area contributed by atoms with Crippen molar-refractivity contribution in [2.75, 3.05) is 19.6 Å². The normalized spacial score (nSPS) is 25.9. The van der Waals surface area contributed by atoms with Crippen LogP contribution >= 0.6 is 0 Å². The van der Waals surface area contributed by atoms with Crippen LogP contribution < -0.4 is 5.32 Å². The van der Waals surface area contributed by atoms with Crippen LogP contribution in [0.1, 0.15) is 39.5 Å². The van der Waals surface area contributed by atoms with E-state index in [9.17, 15) is 0 Å². The predicted molar refractivity (Wildman–Crippen MR) is 60.5 cm³/mol. The van der Waals surface area contributed by atoms with Gasteiger partial charge in [-0.3, -0.25) is 4.90 Å². The topological polar surface area (TPSA) is 15.3 Å². The first-order valence-corrected chi connectivity index (χ1v) is 6.27. The molecule has 2 aliphatic rings. The number of hydrogen-bond donors (Lipinski definition) is 1. The van der Waals surface area contributed by atoms with Crippen molar-refractivity contribution in [3.63, 3.8) is 0 Å². The van der Waals surface area contributed by atoms with E-state index in [1.165, 1.54) is 45.3 Å². The van der Waals surface area contributed by atoms with E-state index in [1.54, 1.807) is 0 Å². The zero-order valence-electron chi connectivity index (χ0n) is 9.63. The van der Waals surface area contributed by atoms with Crippen LogP contribution in [0.5, 0.6) is 0 Å². The van der Waals surface area contributed by atoms with Crippen LogP contribution in [0, 0.1) is 5.92 Å². The zero-order chi connectivity index (χ0) is 9.97. The summed E-state index contributed by atoms with van der Waals surface area (Å²) in [5, 5.41) is 3.37. The van der Waals surface area contributed by atoms with Gasteiger partial charge in [0.1, 0.15) is 0 Å². The number of likely N-dealkylation sites (N-methyl/N-ethyl adjacent to an activating group) is 1. The molecule has 0 bridgehead atoms. The van der Waals surface area contributed by atoms with Gasteiger partial charge < -0.3 is 5.32 Å². The van der Waals surface area contributed by atoms with Crippen molar-refractivity contribution in [2.24, 2.45) is 5.92 Å². The van der Waals surface area contributed by atoms with E-state index in [0.29, 0.717) is 0 Å². The average Bonchev–Trinajstić information content (AvgIpc) is 2.03. The van der Waals surface area contributed by atoms with E-state index >= 15 is 0 Å². The highest BCUT2D eigenvalue weighted by Crippen LogP contribution is 2.32. The van der Waals surface area contributed by atoms with Crippen molar-refractivity contribution in [2.45, 2.75) is 51.6 Å². The first-order valence-electron chi connectivity index (χ1n) is 6.27. The van der Waals surface area contributed by atoms with Crippen LogP contribution in [-0.2, 0) is 0 Å². The molecule has 2 nitrogen and oxygen atoms in total. The van der Waals surface area contributed by atoms with Gasteiger partial charge in [0.05, 0.1) is 0 Å². The quantitative estimate of drug-likeness (QED) is 0.722. The van der Waals surface area contributed by atoms with Crippen molar-refractivity contribution in [3.05, 3.63) is 0 Å². The molecule has 1 aliphatic heterocycles. The molecule has 82 valence electrons. The Morgan fingerprint density at radius 2 is 2.07 bits per heavy atom. The summed E-state index contributed by atoms with van der Waals surface area (Å²) in [5.74, 6) is 1.05.